The Kier molecular flexibility index (Phi) is 4.94. The predicted molar refractivity (Wildman–Crippen MR) is 131 cm³/mol. The van der Waals surface area contributed by atoms with Gasteiger partial charge in [0.25, 0.3) is 0 Å². The zero-order valence-electron chi connectivity index (χ0n) is 18.7. The molecule has 1 atom stereocenters. The first kappa shape index (κ1) is 21.8. The second kappa shape index (κ2) is 8.18. The van der Waals surface area contributed by atoms with Gasteiger partial charge in [-0.1, -0.05) is 23.5 Å². The molecular formula is C26H16FN5O3S. The van der Waals surface area contributed by atoms with Crippen LogP contribution in [0.25, 0.3) is 26.6 Å². The van der Waals surface area contributed by atoms with Crippen LogP contribution in [-0.2, 0) is 0 Å². The van der Waals surface area contributed by atoms with Crippen molar-refractivity contribution in [2.45, 2.75) is 12.8 Å². The van der Waals surface area contributed by atoms with Gasteiger partial charge in [0.1, 0.15) is 29.0 Å². The standard InChI is InChI=1S/C26H16FN5O3S/c1-13-10-19-22(25(33)34-13)21(16(11-28)24(29)35-19)17-12-32(26-30-18-4-2-3-5-20(18)36-26)31-23(17)14-6-8-15(27)9-7-14/h2-10,12,21H,29H2,1H3. The highest BCUT2D eigenvalue weighted by Crippen LogP contribution is 2.44. The molecule has 4 heterocycles. The molecule has 0 amide bonds. The first-order valence-corrected chi connectivity index (χ1v) is 11.7. The van der Waals surface area contributed by atoms with Gasteiger partial charge in [-0.15, -0.1) is 0 Å². The second-order valence-corrected chi connectivity index (χ2v) is 9.21. The first-order valence-electron chi connectivity index (χ1n) is 10.9. The summed E-state index contributed by atoms with van der Waals surface area (Å²) in [5.74, 6) is -0.880. The van der Waals surface area contributed by atoms with Gasteiger partial charge in [0.05, 0.1) is 27.4 Å². The van der Waals surface area contributed by atoms with Crippen LogP contribution in [0.4, 0.5) is 4.39 Å². The quantitative estimate of drug-likeness (QED) is 0.381. The number of nitrogens with two attached hydrogens (primary N) is 1. The Morgan fingerprint density at radius 2 is 1.97 bits per heavy atom. The van der Waals surface area contributed by atoms with Crippen LogP contribution in [0.5, 0.6) is 5.75 Å². The zero-order valence-corrected chi connectivity index (χ0v) is 19.5. The molecule has 3 aromatic heterocycles. The molecule has 0 saturated carbocycles. The topological polar surface area (TPSA) is 120 Å². The van der Waals surface area contributed by atoms with E-state index in [0.29, 0.717) is 27.7 Å². The second-order valence-electron chi connectivity index (χ2n) is 8.20. The molecule has 0 radical (unpaired) electrons. The Hall–Kier alpha value is -4.75. The third-order valence-electron chi connectivity index (χ3n) is 5.91. The van der Waals surface area contributed by atoms with Crippen molar-refractivity contribution in [2.24, 2.45) is 5.73 Å². The van der Waals surface area contributed by atoms with Crippen molar-refractivity contribution >= 4 is 21.6 Å². The molecule has 6 rings (SSSR count). The van der Waals surface area contributed by atoms with Crippen LogP contribution in [0.1, 0.15) is 22.8 Å². The summed E-state index contributed by atoms with van der Waals surface area (Å²) >= 11 is 1.44. The van der Waals surface area contributed by atoms with E-state index in [1.807, 2.05) is 24.3 Å². The number of rotatable bonds is 3. The molecule has 1 aliphatic rings. The van der Waals surface area contributed by atoms with Crippen molar-refractivity contribution in [3.63, 3.8) is 0 Å². The first-order chi connectivity index (χ1) is 17.4. The summed E-state index contributed by atoms with van der Waals surface area (Å²) in [5, 5.41) is 15.3. The van der Waals surface area contributed by atoms with Crippen LogP contribution >= 0.6 is 11.3 Å². The Labute approximate surface area is 207 Å². The van der Waals surface area contributed by atoms with Crippen LogP contribution < -0.4 is 16.1 Å². The minimum Gasteiger partial charge on any atom is -0.440 e. The van der Waals surface area contributed by atoms with Crippen molar-refractivity contribution in [3.8, 4) is 28.2 Å². The average molecular weight is 498 g/mol. The molecular weight excluding hydrogens is 481 g/mol. The van der Waals surface area contributed by atoms with E-state index in [1.54, 1.807) is 36.0 Å². The Balaban J connectivity index is 1.64. The Bertz CT molecular complexity index is 1760. The number of fused-ring (bicyclic) bond motifs is 2. The highest BCUT2D eigenvalue weighted by atomic mass is 32.1. The van der Waals surface area contributed by atoms with Crippen molar-refractivity contribution in [2.75, 3.05) is 0 Å². The number of aryl methyl sites for hydroxylation is 1. The number of benzene rings is 2. The largest absolute Gasteiger partial charge is 0.440 e. The van der Waals surface area contributed by atoms with Crippen molar-refractivity contribution in [3.05, 3.63) is 105 Å². The summed E-state index contributed by atoms with van der Waals surface area (Å²) in [6.07, 6.45) is 1.71. The maximum atomic E-state index is 13.7. The summed E-state index contributed by atoms with van der Waals surface area (Å²) in [4.78, 5) is 17.7. The van der Waals surface area contributed by atoms with Gasteiger partial charge in [-0.25, -0.2) is 18.9 Å². The molecule has 8 nitrogen and oxygen atoms in total. The third-order valence-corrected chi connectivity index (χ3v) is 6.93. The molecule has 0 aliphatic carbocycles. The van der Waals surface area contributed by atoms with Crippen LogP contribution in [0.3, 0.4) is 0 Å². The van der Waals surface area contributed by atoms with Gasteiger partial charge < -0.3 is 14.9 Å². The minimum atomic E-state index is -0.918. The van der Waals surface area contributed by atoms with Crippen LogP contribution in [-0.4, -0.2) is 14.8 Å². The lowest BCUT2D eigenvalue weighted by molar-refractivity contribution is 0.371. The molecule has 1 aliphatic heterocycles. The Morgan fingerprint density at radius 3 is 2.72 bits per heavy atom. The molecule has 36 heavy (non-hydrogen) atoms. The van der Waals surface area contributed by atoms with E-state index >= 15 is 0 Å². The highest BCUT2D eigenvalue weighted by molar-refractivity contribution is 7.20. The van der Waals surface area contributed by atoms with Gasteiger partial charge in [-0.2, -0.15) is 10.4 Å². The summed E-state index contributed by atoms with van der Waals surface area (Å²) in [6.45, 7) is 1.62. The summed E-state index contributed by atoms with van der Waals surface area (Å²) in [5.41, 5.74) is 8.00. The number of nitriles is 1. The SMILES string of the molecule is Cc1cc2c(c(=O)o1)C(c1cn(-c3nc4ccccc4s3)nc1-c1ccc(F)cc1)C(C#N)=C(N)O2. The predicted octanol–water partition coefficient (Wildman–Crippen LogP) is 4.77. The van der Waals surface area contributed by atoms with E-state index in [-0.39, 0.29) is 22.8 Å². The zero-order chi connectivity index (χ0) is 25.0. The smallest absolute Gasteiger partial charge is 0.343 e. The van der Waals surface area contributed by atoms with E-state index in [0.717, 1.165) is 10.2 Å². The highest BCUT2D eigenvalue weighted by Gasteiger charge is 2.37. The number of para-hydroxylation sites is 1. The molecule has 1 unspecified atom stereocenters. The number of hydrogen-bond acceptors (Lipinski definition) is 8. The summed E-state index contributed by atoms with van der Waals surface area (Å²) in [6, 6.07) is 17.1. The molecule has 2 N–H and O–H groups in total. The lowest BCUT2D eigenvalue weighted by atomic mass is 9.83. The van der Waals surface area contributed by atoms with E-state index < -0.39 is 17.4 Å². The molecule has 0 fully saturated rings. The molecule has 0 bridgehead atoms. The van der Waals surface area contributed by atoms with Crippen molar-refractivity contribution in [1.29, 1.82) is 5.26 Å². The fourth-order valence-corrected chi connectivity index (χ4v) is 5.21. The van der Waals surface area contributed by atoms with E-state index in [9.17, 15) is 14.4 Å². The van der Waals surface area contributed by atoms with Gasteiger partial charge in [-0.05, 0) is 43.3 Å². The number of hydrogen-bond donors (Lipinski definition) is 1. The van der Waals surface area contributed by atoms with E-state index in [1.165, 1.54) is 23.5 Å². The fraction of sp³-hybridized carbons (Fsp3) is 0.0769. The minimum absolute atomic E-state index is 0.0471. The average Bonchev–Trinajstić information content (AvgIpc) is 3.48. The van der Waals surface area contributed by atoms with Gasteiger partial charge in [0.15, 0.2) is 0 Å². The van der Waals surface area contributed by atoms with Gasteiger partial charge in [0.2, 0.25) is 11.0 Å². The van der Waals surface area contributed by atoms with Crippen LogP contribution in [0.15, 0.2) is 81.5 Å². The van der Waals surface area contributed by atoms with Gasteiger partial charge in [0, 0.05) is 23.4 Å². The lowest BCUT2D eigenvalue weighted by Gasteiger charge is -2.24. The fourth-order valence-electron chi connectivity index (χ4n) is 4.32. The normalized spacial score (nSPS) is 15.0. The Morgan fingerprint density at radius 1 is 1.19 bits per heavy atom. The van der Waals surface area contributed by atoms with Crippen LogP contribution in [0, 0.1) is 24.1 Å². The van der Waals surface area contributed by atoms with E-state index in [2.05, 4.69) is 11.1 Å². The van der Waals surface area contributed by atoms with E-state index in [4.69, 9.17) is 20.0 Å². The molecule has 2 aromatic carbocycles. The van der Waals surface area contributed by atoms with Gasteiger partial charge >= 0.3 is 5.63 Å². The van der Waals surface area contributed by atoms with Crippen molar-refractivity contribution < 1.29 is 13.5 Å². The maximum Gasteiger partial charge on any atom is 0.343 e. The molecule has 0 saturated heterocycles. The number of nitrogens with zero attached hydrogens (tertiary/aromatic N) is 4. The molecule has 0 spiro atoms. The maximum absolute atomic E-state index is 13.7. The number of thiazole rings is 1. The lowest BCUT2D eigenvalue weighted by Crippen LogP contribution is -2.26. The van der Waals surface area contributed by atoms with Gasteiger partial charge in [-0.3, -0.25) is 0 Å². The number of halogens is 1. The molecule has 5 aromatic rings. The third kappa shape index (κ3) is 3.45. The monoisotopic (exact) mass is 497 g/mol. The molecule has 176 valence electrons. The number of allylic oxidation sites excluding steroid dienone is 1. The van der Waals surface area contributed by atoms with Crippen LogP contribution in [0.2, 0.25) is 0 Å². The summed E-state index contributed by atoms with van der Waals surface area (Å²) < 4.78 is 27.3. The van der Waals surface area contributed by atoms with Crippen molar-refractivity contribution in [1.82, 2.24) is 14.8 Å². The molecule has 10 heteroatoms. The summed E-state index contributed by atoms with van der Waals surface area (Å²) in [7, 11) is 0. The number of aromatic nitrogens is 3. The number of ether oxygens (including phenoxy) is 1.